The van der Waals surface area contributed by atoms with Gasteiger partial charge < -0.3 is 10.1 Å². The van der Waals surface area contributed by atoms with Gasteiger partial charge in [-0.1, -0.05) is 40.2 Å². The van der Waals surface area contributed by atoms with Crippen LogP contribution in [0.2, 0.25) is 0 Å². The van der Waals surface area contributed by atoms with Crippen molar-refractivity contribution in [2.24, 2.45) is 0 Å². The third-order valence-electron chi connectivity index (χ3n) is 3.48. The summed E-state index contributed by atoms with van der Waals surface area (Å²) in [6, 6.07) is 16.0. The van der Waals surface area contributed by atoms with Gasteiger partial charge in [0.15, 0.2) is 0 Å². The standard InChI is InChI=1S/C19H22BrNO2S/c1-3-23-18-10-6-16(7-11-18)14(2)21-19(22)13-24-12-15-4-8-17(20)9-5-15/h4-11,14H,3,12-13H2,1-2H3,(H,21,22)/t14-/m1/s1. The van der Waals surface area contributed by atoms with E-state index in [9.17, 15) is 4.79 Å². The summed E-state index contributed by atoms with van der Waals surface area (Å²) < 4.78 is 6.50. The largest absolute Gasteiger partial charge is 0.494 e. The zero-order chi connectivity index (χ0) is 17.4. The van der Waals surface area contributed by atoms with Crippen LogP contribution >= 0.6 is 27.7 Å². The van der Waals surface area contributed by atoms with Gasteiger partial charge in [-0.2, -0.15) is 0 Å². The lowest BCUT2D eigenvalue weighted by Crippen LogP contribution is -2.28. The number of amides is 1. The fourth-order valence-electron chi connectivity index (χ4n) is 2.23. The molecule has 0 aliphatic heterocycles. The third-order valence-corrected chi connectivity index (χ3v) is 5.02. The van der Waals surface area contributed by atoms with Crippen molar-refractivity contribution in [3.05, 3.63) is 64.1 Å². The van der Waals surface area contributed by atoms with Crippen molar-refractivity contribution in [2.75, 3.05) is 12.4 Å². The second-order valence-corrected chi connectivity index (χ2v) is 7.31. The first-order valence-electron chi connectivity index (χ1n) is 7.92. The summed E-state index contributed by atoms with van der Waals surface area (Å²) in [7, 11) is 0. The molecule has 3 nitrogen and oxygen atoms in total. The minimum Gasteiger partial charge on any atom is -0.494 e. The number of benzene rings is 2. The zero-order valence-electron chi connectivity index (χ0n) is 13.9. The Labute approximate surface area is 156 Å². The Hall–Kier alpha value is -1.46. The number of hydrogen-bond donors (Lipinski definition) is 1. The smallest absolute Gasteiger partial charge is 0.230 e. The molecule has 0 radical (unpaired) electrons. The van der Waals surface area contributed by atoms with Crippen molar-refractivity contribution >= 4 is 33.6 Å². The first kappa shape index (κ1) is 18.9. The summed E-state index contributed by atoms with van der Waals surface area (Å²) in [6.45, 7) is 4.61. The van der Waals surface area contributed by atoms with E-state index in [1.165, 1.54) is 5.56 Å². The molecule has 0 aromatic heterocycles. The van der Waals surface area contributed by atoms with E-state index in [1.807, 2.05) is 50.2 Å². The van der Waals surface area contributed by atoms with Gasteiger partial charge in [0.25, 0.3) is 0 Å². The average Bonchev–Trinajstić information content (AvgIpc) is 2.57. The number of carbonyl (C=O) groups excluding carboxylic acids is 1. The maximum atomic E-state index is 12.1. The maximum Gasteiger partial charge on any atom is 0.230 e. The van der Waals surface area contributed by atoms with E-state index in [4.69, 9.17) is 4.74 Å². The molecule has 2 aromatic carbocycles. The molecule has 1 N–H and O–H groups in total. The van der Waals surface area contributed by atoms with Crippen LogP contribution in [-0.4, -0.2) is 18.3 Å². The van der Waals surface area contributed by atoms with E-state index < -0.39 is 0 Å². The van der Waals surface area contributed by atoms with Crippen molar-refractivity contribution in [1.82, 2.24) is 5.32 Å². The highest BCUT2D eigenvalue weighted by Crippen LogP contribution is 2.19. The molecule has 2 aromatic rings. The molecule has 0 bridgehead atoms. The van der Waals surface area contributed by atoms with Crippen LogP contribution in [0.15, 0.2) is 53.0 Å². The molecule has 0 unspecified atom stereocenters. The quantitative estimate of drug-likeness (QED) is 0.671. The predicted octanol–water partition coefficient (Wildman–Crippen LogP) is 4.96. The highest BCUT2D eigenvalue weighted by atomic mass is 79.9. The van der Waals surface area contributed by atoms with Gasteiger partial charge in [-0.05, 0) is 49.2 Å². The monoisotopic (exact) mass is 407 g/mol. The fourth-order valence-corrected chi connectivity index (χ4v) is 3.29. The molecule has 0 saturated carbocycles. The molecule has 24 heavy (non-hydrogen) atoms. The molecular weight excluding hydrogens is 386 g/mol. The van der Waals surface area contributed by atoms with Crippen molar-refractivity contribution in [1.29, 1.82) is 0 Å². The molecule has 0 saturated heterocycles. The number of thioether (sulfide) groups is 1. The maximum absolute atomic E-state index is 12.1. The van der Waals surface area contributed by atoms with E-state index in [0.29, 0.717) is 12.4 Å². The van der Waals surface area contributed by atoms with Crippen LogP contribution in [0.25, 0.3) is 0 Å². The van der Waals surface area contributed by atoms with E-state index >= 15 is 0 Å². The number of rotatable bonds is 8. The molecule has 0 aliphatic carbocycles. The number of ether oxygens (including phenoxy) is 1. The first-order valence-corrected chi connectivity index (χ1v) is 9.87. The number of halogens is 1. The highest BCUT2D eigenvalue weighted by Gasteiger charge is 2.10. The number of carbonyl (C=O) groups is 1. The number of hydrogen-bond acceptors (Lipinski definition) is 3. The lowest BCUT2D eigenvalue weighted by Gasteiger charge is -2.15. The lowest BCUT2D eigenvalue weighted by atomic mass is 10.1. The molecule has 0 fully saturated rings. The van der Waals surface area contributed by atoms with Gasteiger partial charge in [-0.3, -0.25) is 4.79 Å². The molecule has 1 amide bonds. The summed E-state index contributed by atoms with van der Waals surface area (Å²) in [4.78, 5) is 12.1. The van der Waals surface area contributed by atoms with Crippen LogP contribution in [0.3, 0.4) is 0 Å². The van der Waals surface area contributed by atoms with E-state index in [0.717, 1.165) is 21.5 Å². The Morgan fingerprint density at radius 3 is 2.46 bits per heavy atom. The van der Waals surface area contributed by atoms with Gasteiger partial charge in [-0.15, -0.1) is 11.8 Å². The number of nitrogens with one attached hydrogen (secondary N) is 1. The SMILES string of the molecule is CCOc1ccc([C@@H](C)NC(=O)CSCc2ccc(Br)cc2)cc1. The minimum absolute atomic E-state index is 0.0125. The molecule has 5 heteroatoms. The van der Waals surface area contributed by atoms with Crippen LogP contribution in [0.5, 0.6) is 5.75 Å². The molecular formula is C19H22BrNO2S. The van der Waals surface area contributed by atoms with Crippen LogP contribution in [0.4, 0.5) is 0 Å². The third kappa shape index (κ3) is 6.21. The van der Waals surface area contributed by atoms with Gasteiger partial charge in [0.2, 0.25) is 5.91 Å². The first-order chi connectivity index (χ1) is 11.6. The average molecular weight is 408 g/mol. The molecule has 0 spiro atoms. The summed E-state index contributed by atoms with van der Waals surface area (Å²) in [5.74, 6) is 2.19. The second-order valence-electron chi connectivity index (χ2n) is 5.41. The van der Waals surface area contributed by atoms with Crippen LogP contribution in [0, 0.1) is 0 Å². The molecule has 1 atom stereocenters. The Bertz CT molecular complexity index is 643. The molecule has 0 aliphatic rings. The Kier molecular flexibility index (Phi) is 7.66. The molecule has 0 heterocycles. The van der Waals surface area contributed by atoms with Crippen LogP contribution < -0.4 is 10.1 Å². The van der Waals surface area contributed by atoms with Crippen LogP contribution in [-0.2, 0) is 10.5 Å². The molecule has 128 valence electrons. The Morgan fingerprint density at radius 1 is 1.17 bits per heavy atom. The van der Waals surface area contributed by atoms with E-state index in [1.54, 1.807) is 11.8 Å². The van der Waals surface area contributed by atoms with Crippen molar-refractivity contribution in [3.8, 4) is 5.75 Å². The van der Waals surface area contributed by atoms with E-state index in [2.05, 4.69) is 33.4 Å². The molecule has 2 rings (SSSR count). The Balaban J connectivity index is 1.75. The van der Waals surface area contributed by atoms with Crippen molar-refractivity contribution < 1.29 is 9.53 Å². The van der Waals surface area contributed by atoms with Crippen LogP contribution in [0.1, 0.15) is 31.0 Å². The van der Waals surface area contributed by atoms with Gasteiger partial charge >= 0.3 is 0 Å². The summed E-state index contributed by atoms with van der Waals surface area (Å²) in [5, 5.41) is 3.03. The topological polar surface area (TPSA) is 38.3 Å². The summed E-state index contributed by atoms with van der Waals surface area (Å²) in [5.41, 5.74) is 2.29. The van der Waals surface area contributed by atoms with Gasteiger partial charge in [0.1, 0.15) is 5.75 Å². The zero-order valence-corrected chi connectivity index (χ0v) is 16.3. The lowest BCUT2D eigenvalue weighted by molar-refractivity contribution is -0.119. The van der Waals surface area contributed by atoms with Gasteiger partial charge in [-0.25, -0.2) is 0 Å². The van der Waals surface area contributed by atoms with Gasteiger partial charge in [0.05, 0.1) is 18.4 Å². The minimum atomic E-state index is -0.0125. The summed E-state index contributed by atoms with van der Waals surface area (Å²) in [6.07, 6.45) is 0. The summed E-state index contributed by atoms with van der Waals surface area (Å²) >= 11 is 5.04. The Morgan fingerprint density at radius 2 is 1.83 bits per heavy atom. The second kappa shape index (κ2) is 9.74. The fraction of sp³-hybridized carbons (Fsp3) is 0.316. The van der Waals surface area contributed by atoms with Crippen molar-refractivity contribution in [2.45, 2.75) is 25.6 Å². The van der Waals surface area contributed by atoms with Crippen molar-refractivity contribution in [3.63, 3.8) is 0 Å². The normalized spacial score (nSPS) is 11.8. The highest BCUT2D eigenvalue weighted by molar-refractivity contribution is 9.10. The predicted molar refractivity (Wildman–Crippen MR) is 104 cm³/mol. The van der Waals surface area contributed by atoms with E-state index in [-0.39, 0.29) is 11.9 Å². The van der Waals surface area contributed by atoms with Gasteiger partial charge in [0, 0.05) is 10.2 Å².